The molecule has 2 unspecified atom stereocenters. The maximum Gasteiger partial charge on any atom is 0.547 e. The number of para-hydroxylation sites is 1. The van der Waals surface area contributed by atoms with Crippen LogP contribution in [0.4, 0.5) is 10.5 Å². The maximum atomic E-state index is 13.4. The normalized spacial score (nSPS) is 17.8. The van der Waals surface area contributed by atoms with Crippen LogP contribution in [0.1, 0.15) is 34.6 Å². The zero-order valence-electron chi connectivity index (χ0n) is 20.3. The predicted octanol–water partition coefficient (Wildman–Crippen LogP) is -1.06. The Labute approximate surface area is 216 Å². The maximum absolute atomic E-state index is 13.4. The number of carboxylic acids is 1. The topological polar surface area (TPSA) is 204 Å². The van der Waals surface area contributed by atoms with E-state index in [0.29, 0.717) is 22.7 Å². The number of carbonyl (C=O) groups is 5. The minimum Gasteiger partial charge on any atom is -0.534 e. The molecule has 2 atom stereocenters. The van der Waals surface area contributed by atoms with Crippen LogP contribution < -0.4 is 21.0 Å². The lowest BCUT2D eigenvalue weighted by atomic mass is 9.72. The number of nitrogen functional groups attached to an aromatic ring is 1. The van der Waals surface area contributed by atoms with Gasteiger partial charge in [0.15, 0.2) is 6.04 Å². The van der Waals surface area contributed by atoms with E-state index >= 15 is 0 Å². The van der Waals surface area contributed by atoms with E-state index < -0.39 is 48.8 Å². The Morgan fingerprint density at radius 1 is 1.21 bits per heavy atom. The van der Waals surface area contributed by atoms with Gasteiger partial charge in [0.25, 0.3) is 0 Å². The summed E-state index contributed by atoms with van der Waals surface area (Å²) in [6.45, 7) is 2.10. The number of piperazine rings is 1. The lowest BCUT2D eigenvalue weighted by molar-refractivity contribution is -0.153. The van der Waals surface area contributed by atoms with Crippen molar-refractivity contribution in [2.24, 2.45) is 0 Å². The quantitative estimate of drug-likeness (QED) is 0.229. The minimum absolute atomic E-state index is 0.00236. The first-order chi connectivity index (χ1) is 18.1. The number of hydrogen-bond donors (Lipinski definition) is 5. The number of pyridine rings is 1. The summed E-state index contributed by atoms with van der Waals surface area (Å²) in [7, 11) is -1.59. The molecule has 15 heteroatoms. The Morgan fingerprint density at radius 3 is 2.63 bits per heavy atom. The van der Waals surface area contributed by atoms with E-state index in [1.165, 1.54) is 35.4 Å². The number of likely N-dealkylation sites (N-methyl/N-ethyl adjacent to an activating group) is 1. The summed E-state index contributed by atoms with van der Waals surface area (Å²) in [4.78, 5) is 68.6. The number of benzene rings is 1. The molecule has 0 saturated carbocycles. The van der Waals surface area contributed by atoms with Crippen molar-refractivity contribution >= 4 is 42.5 Å². The van der Waals surface area contributed by atoms with E-state index in [2.05, 4.69) is 15.6 Å². The molecule has 2 aliphatic heterocycles. The number of aromatic nitrogens is 1. The highest BCUT2D eigenvalue weighted by atomic mass is 16.5. The fraction of sp³-hybridized carbons (Fsp3) is 0.304. The Bertz CT molecular complexity index is 1290. The second-order valence-corrected chi connectivity index (χ2v) is 8.67. The lowest BCUT2D eigenvalue weighted by Gasteiger charge is -2.33. The van der Waals surface area contributed by atoms with Crippen molar-refractivity contribution in [3.63, 3.8) is 0 Å². The molecule has 198 valence electrons. The Hall–Kier alpha value is -4.66. The van der Waals surface area contributed by atoms with Crippen LogP contribution in [0.3, 0.4) is 0 Å². The smallest absolute Gasteiger partial charge is 0.534 e. The number of amides is 5. The molecular formula is C23H25BN6O8. The second kappa shape index (κ2) is 10.8. The van der Waals surface area contributed by atoms with E-state index in [0.717, 1.165) is 0 Å². The van der Waals surface area contributed by atoms with Crippen LogP contribution in [0, 0.1) is 0 Å². The Morgan fingerprint density at radius 2 is 1.97 bits per heavy atom. The van der Waals surface area contributed by atoms with Gasteiger partial charge in [-0.3, -0.25) is 24.3 Å². The van der Waals surface area contributed by atoms with Crippen molar-refractivity contribution in [1.82, 2.24) is 25.4 Å². The van der Waals surface area contributed by atoms with Crippen LogP contribution in [0.15, 0.2) is 36.5 Å². The van der Waals surface area contributed by atoms with Crippen LogP contribution in [0.25, 0.3) is 0 Å². The van der Waals surface area contributed by atoms with Gasteiger partial charge in [-0.15, -0.1) is 0 Å². The number of nitrogens with zero attached hydrogens (tertiary/aromatic N) is 3. The van der Waals surface area contributed by atoms with Crippen molar-refractivity contribution in [2.45, 2.75) is 25.3 Å². The average Bonchev–Trinajstić information content (AvgIpc) is 2.89. The summed E-state index contributed by atoms with van der Waals surface area (Å²) in [6.07, 6.45) is 1.31. The van der Waals surface area contributed by atoms with Crippen LogP contribution >= 0.6 is 0 Å². The molecule has 0 radical (unpaired) electrons. The van der Waals surface area contributed by atoms with Gasteiger partial charge in [-0.2, -0.15) is 0 Å². The monoisotopic (exact) mass is 524 g/mol. The molecule has 14 nitrogen and oxygen atoms in total. The number of rotatable bonds is 6. The molecule has 2 aromatic rings. The van der Waals surface area contributed by atoms with E-state index in [-0.39, 0.29) is 36.5 Å². The largest absolute Gasteiger partial charge is 0.547 e. The molecule has 1 fully saturated rings. The number of carboxylic acid groups (broad SMARTS) is 1. The fourth-order valence-electron chi connectivity index (χ4n) is 4.21. The second-order valence-electron chi connectivity index (χ2n) is 8.67. The van der Waals surface area contributed by atoms with Gasteiger partial charge in [0.2, 0.25) is 5.91 Å². The molecular weight excluding hydrogens is 499 g/mol. The van der Waals surface area contributed by atoms with E-state index in [4.69, 9.17) is 10.4 Å². The highest BCUT2D eigenvalue weighted by molar-refractivity contribution is 6.47. The van der Waals surface area contributed by atoms with Crippen molar-refractivity contribution in [1.29, 1.82) is 0 Å². The summed E-state index contributed by atoms with van der Waals surface area (Å²) in [6, 6.07) is 4.91. The first-order valence-corrected chi connectivity index (χ1v) is 11.7. The molecule has 5 amide bonds. The third kappa shape index (κ3) is 5.22. The van der Waals surface area contributed by atoms with Crippen molar-refractivity contribution in [3.05, 3.63) is 53.3 Å². The van der Waals surface area contributed by atoms with Gasteiger partial charge in [0.05, 0.1) is 29.1 Å². The fourth-order valence-corrected chi connectivity index (χ4v) is 4.21. The third-order valence-electron chi connectivity index (χ3n) is 6.25. The van der Waals surface area contributed by atoms with E-state index in [1.807, 2.05) is 0 Å². The number of anilines is 1. The predicted molar refractivity (Wildman–Crippen MR) is 132 cm³/mol. The van der Waals surface area contributed by atoms with Crippen molar-refractivity contribution in [2.75, 3.05) is 25.4 Å². The van der Waals surface area contributed by atoms with Crippen LogP contribution in [0.2, 0.25) is 0 Å². The molecule has 0 spiro atoms. The number of aromatic carboxylic acids is 1. The molecule has 2 aliphatic rings. The van der Waals surface area contributed by atoms with Gasteiger partial charge in [-0.25, -0.2) is 9.59 Å². The zero-order chi connectivity index (χ0) is 27.6. The summed E-state index contributed by atoms with van der Waals surface area (Å²) >= 11 is 0. The molecule has 1 aromatic heterocycles. The summed E-state index contributed by atoms with van der Waals surface area (Å²) < 4.78 is 5.41. The number of nitrogens with two attached hydrogens (primary N) is 1. The lowest BCUT2D eigenvalue weighted by Crippen LogP contribution is -2.60. The first-order valence-electron chi connectivity index (χ1n) is 11.7. The summed E-state index contributed by atoms with van der Waals surface area (Å²) in [5.74, 6) is -4.90. The van der Waals surface area contributed by atoms with Gasteiger partial charge >= 0.3 is 30.9 Å². The Kier molecular flexibility index (Phi) is 7.48. The van der Waals surface area contributed by atoms with Crippen molar-refractivity contribution in [3.8, 4) is 5.75 Å². The summed E-state index contributed by atoms with van der Waals surface area (Å²) in [5, 5.41) is 24.9. The molecule has 0 aliphatic carbocycles. The summed E-state index contributed by atoms with van der Waals surface area (Å²) in [5.41, 5.74) is 6.39. The molecule has 3 heterocycles. The number of hydrogen-bond acceptors (Lipinski definition) is 9. The minimum atomic E-state index is -1.59. The molecule has 1 saturated heterocycles. The standard InChI is InChI=1S/C23H25BN6O8/c1-2-29-8-9-30(21(33)20(29)32)23(36)28-17(15-7-6-13(25)11-26-15)19(31)27-16-10-12-4-3-5-14(22(34)35)18(12)38-24(16)37/h3-7,11,16-17,37H,2,8-10,25H2,1H3,(H,27,31)(H,28,36)(H,34,35). The average molecular weight is 524 g/mol. The number of fused-ring (bicyclic) bond motifs is 1. The number of nitrogens with one attached hydrogen (secondary N) is 2. The van der Waals surface area contributed by atoms with Gasteiger partial charge in [0, 0.05) is 19.6 Å². The zero-order valence-corrected chi connectivity index (χ0v) is 20.3. The van der Waals surface area contributed by atoms with Crippen molar-refractivity contribution < 1.29 is 38.8 Å². The first kappa shape index (κ1) is 26.4. The van der Waals surface area contributed by atoms with Crippen LogP contribution in [-0.2, 0) is 20.8 Å². The molecule has 1 aromatic carbocycles. The molecule has 6 N–H and O–H groups in total. The molecule has 0 bridgehead atoms. The van der Waals surface area contributed by atoms with E-state index in [9.17, 15) is 34.1 Å². The molecule has 4 rings (SSSR count). The number of urea groups is 1. The number of imide groups is 1. The van der Waals surface area contributed by atoms with Gasteiger partial charge < -0.3 is 36.1 Å². The molecule has 38 heavy (non-hydrogen) atoms. The van der Waals surface area contributed by atoms with Crippen LogP contribution in [-0.4, -0.2) is 87.3 Å². The highest BCUT2D eigenvalue weighted by Gasteiger charge is 2.41. The van der Waals surface area contributed by atoms with E-state index in [1.54, 1.807) is 13.0 Å². The van der Waals surface area contributed by atoms with Crippen LogP contribution in [0.5, 0.6) is 5.75 Å². The highest BCUT2D eigenvalue weighted by Crippen LogP contribution is 2.30. The third-order valence-corrected chi connectivity index (χ3v) is 6.25. The van der Waals surface area contributed by atoms with Gasteiger partial charge in [0.1, 0.15) is 5.75 Å². The van der Waals surface area contributed by atoms with Gasteiger partial charge in [-0.1, -0.05) is 12.1 Å². The number of carbonyl (C=O) groups excluding carboxylic acids is 4. The Balaban J connectivity index is 1.54. The SMILES string of the molecule is CCN1CCN(C(=O)NC(C(=O)NC2Cc3cccc(C(=O)O)c3OB2O)c2ccc(N)cn2)C(=O)C1=O. The van der Waals surface area contributed by atoms with Gasteiger partial charge in [-0.05, 0) is 37.1 Å².